The summed E-state index contributed by atoms with van der Waals surface area (Å²) in [5, 5.41) is 4.87. The van der Waals surface area contributed by atoms with Gasteiger partial charge in [0.05, 0.1) is 6.54 Å². The number of fused-ring (bicyclic) bond motifs is 1. The van der Waals surface area contributed by atoms with Gasteiger partial charge >= 0.3 is 5.97 Å². The molecular formula is C23H19N3O4. The lowest BCUT2D eigenvalue weighted by Gasteiger charge is -2.08. The summed E-state index contributed by atoms with van der Waals surface area (Å²) in [5.74, 6) is -1.07. The van der Waals surface area contributed by atoms with Gasteiger partial charge in [-0.1, -0.05) is 48.5 Å². The Kier molecular flexibility index (Phi) is 5.26. The third kappa shape index (κ3) is 3.91. The zero-order chi connectivity index (χ0) is 21.1. The molecule has 0 atom stereocenters. The lowest BCUT2D eigenvalue weighted by molar-refractivity contribution is 0.0466. The van der Waals surface area contributed by atoms with Crippen molar-refractivity contribution in [2.45, 2.75) is 13.5 Å². The van der Waals surface area contributed by atoms with Crippen LogP contribution in [0.2, 0.25) is 0 Å². The highest BCUT2D eigenvalue weighted by atomic mass is 16.5. The van der Waals surface area contributed by atoms with Crippen LogP contribution in [0.15, 0.2) is 71.5 Å². The number of hydrogen-bond acceptors (Lipinski definition) is 5. The second kappa shape index (κ2) is 8.16. The molecule has 0 aliphatic rings. The van der Waals surface area contributed by atoms with Crippen LogP contribution in [0.1, 0.15) is 32.1 Å². The Morgan fingerprint density at radius 1 is 1.00 bits per heavy atom. The summed E-state index contributed by atoms with van der Waals surface area (Å²) in [5.41, 5.74) is 2.57. The van der Waals surface area contributed by atoms with Crippen molar-refractivity contribution in [1.82, 2.24) is 14.8 Å². The molecule has 0 unspecified atom stereocenters. The van der Waals surface area contributed by atoms with Gasteiger partial charge in [-0.3, -0.25) is 9.59 Å². The number of aromatic nitrogens is 3. The summed E-state index contributed by atoms with van der Waals surface area (Å²) < 4.78 is 6.37. The average molecular weight is 401 g/mol. The number of aryl methyl sites for hydroxylation is 1. The molecule has 30 heavy (non-hydrogen) atoms. The minimum absolute atomic E-state index is 0.0334. The van der Waals surface area contributed by atoms with Crippen LogP contribution in [-0.2, 0) is 11.3 Å². The number of nitrogens with zero attached hydrogens (tertiary/aromatic N) is 2. The minimum Gasteiger partial charge on any atom is -0.453 e. The fourth-order valence-electron chi connectivity index (χ4n) is 3.34. The maximum absolute atomic E-state index is 12.7. The van der Waals surface area contributed by atoms with E-state index in [1.807, 2.05) is 54.6 Å². The summed E-state index contributed by atoms with van der Waals surface area (Å²) in [4.78, 5) is 40.3. The standard InChI is InChI=1S/C23H19N3O4/c1-15-22(17-9-5-6-10-18(17)24-15)20(27)14-30-23(29)19-11-12-21(28)26(25-19)13-16-7-3-2-4-8-16/h2-12,24H,13-14H2,1H3. The predicted molar refractivity (Wildman–Crippen MR) is 112 cm³/mol. The molecule has 0 radical (unpaired) electrons. The molecular weight excluding hydrogens is 382 g/mol. The molecule has 0 amide bonds. The van der Waals surface area contributed by atoms with E-state index < -0.39 is 12.6 Å². The predicted octanol–water partition coefficient (Wildman–Crippen LogP) is 3.12. The number of nitrogens with one attached hydrogen (secondary N) is 1. The Morgan fingerprint density at radius 2 is 1.73 bits per heavy atom. The van der Waals surface area contributed by atoms with E-state index in [1.54, 1.807) is 6.92 Å². The molecule has 0 bridgehead atoms. The second-order valence-corrected chi connectivity index (χ2v) is 6.87. The van der Waals surface area contributed by atoms with Gasteiger partial charge in [0.1, 0.15) is 0 Å². The van der Waals surface area contributed by atoms with Crippen molar-refractivity contribution in [3.05, 3.63) is 99.6 Å². The second-order valence-electron chi connectivity index (χ2n) is 6.87. The lowest BCUT2D eigenvalue weighted by atomic mass is 10.1. The molecule has 0 aliphatic heterocycles. The Balaban J connectivity index is 1.49. The maximum Gasteiger partial charge on any atom is 0.359 e. The molecule has 2 aromatic heterocycles. The number of esters is 1. The van der Waals surface area contributed by atoms with Crippen LogP contribution in [-0.4, -0.2) is 33.1 Å². The third-order valence-electron chi connectivity index (χ3n) is 4.76. The molecule has 1 N–H and O–H groups in total. The van der Waals surface area contributed by atoms with E-state index in [1.165, 1.54) is 16.8 Å². The quantitative estimate of drug-likeness (QED) is 0.396. The summed E-state index contributed by atoms with van der Waals surface area (Å²) >= 11 is 0. The number of H-pyrrole nitrogens is 1. The first-order chi connectivity index (χ1) is 14.5. The highest BCUT2D eigenvalue weighted by Crippen LogP contribution is 2.22. The van der Waals surface area contributed by atoms with Crippen molar-refractivity contribution in [2.24, 2.45) is 0 Å². The Morgan fingerprint density at radius 3 is 2.53 bits per heavy atom. The van der Waals surface area contributed by atoms with Gasteiger partial charge in [-0.2, -0.15) is 5.10 Å². The van der Waals surface area contributed by atoms with Crippen molar-refractivity contribution in [3.8, 4) is 0 Å². The highest BCUT2D eigenvalue weighted by molar-refractivity contribution is 6.10. The molecule has 0 fully saturated rings. The molecule has 150 valence electrons. The van der Waals surface area contributed by atoms with Crippen molar-refractivity contribution >= 4 is 22.7 Å². The van der Waals surface area contributed by atoms with Crippen LogP contribution in [0, 0.1) is 6.92 Å². The van der Waals surface area contributed by atoms with Crippen LogP contribution in [0.5, 0.6) is 0 Å². The summed E-state index contributed by atoms with van der Waals surface area (Å²) in [6.45, 7) is 1.62. The first-order valence-corrected chi connectivity index (χ1v) is 9.42. The first-order valence-electron chi connectivity index (χ1n) is 9.42. The first kappa shape index (κ1) is 19.3. The van der Waals surface area contributed by atoms with E-state index in [2.05, 4.69) is 10.1 Å². The number of Topliss-reactive ketones (excluding diaryl/α,β-unsaturated/α-hetero) is 1. The largest absolute Gasteiger partial charge is 0.453 e. The van der Waals surface area contributed by atoms with E-state index in [0.717, 1.165) is 16.5 Å². The molecule has 7 nitrogen and oxygen atoms in total. The number of carbonyl (C=O) groups is 2. The smallest absolute Gasteiger partial charge is 0.359 e. The number of carbonyl (C=O) groups excluding carboxylic acids is 2. The number of ether oxygens (including phenoxy) is 1. The normalized spacial score (nSPS) is 10.8. The summed E-state index contributed by atoms with van der Waals surface area (Å²) in [6, 6.07) is 19.3. The van der Waals surface area contributed by atoms with Gasteiger partial charge in [-0.15, -0.1) is 0 Å². The molecule has 0 spiro atoms. The van der Waals surface area contributed by atoms with Crippen LogP contribution >= 0.6 is 0 Å². The summed E-state index contributed by atoms with van der Waals surface area (Å²) in [6.07, 6.45) is 0. The van der Waals surface area contributed by atoms with Gasteiger partial charge in [0.15, 0.2) is 12.3 Å². The number of para-hydroxylation sites is 1. The van der Waals surface area contributed by atoms with Gasteiger partial charge in [-0.05, 0) is 24.6 Å². The molecule has 2 heterocycles. The highest BCUT2D eigenvalue weighted by Gasteiger charge is 2.19. The number of hydrogen-bond donors (Lipinski definition) is 1. The fourth-order valence-corrected chi connectivity index (χ4v) is 3.34. The molecule has 2 aromatic carbocycles. The average Bonchev–Trinajstić information content (AvgIpc) is 3.10. The van der Waals surface area contributed by atoms with Gasteiger partial charge < -0.3 is 9.72 Å². The molecule has 0 aliphatic carbocycles. The van der Waals surface area contributed by atoms with E-state index in [9.17, 15) is 14.4 Å². The maximum atomic E-state index is 12.7. The number of rotatable bonds is 6. The van der Waals surface area contributed by atoms with Crippen LogP contribution in [0.3, 0.4) is 0 Å². The fraction of sp³-hybridized carbons (Fsp3) is 0.130. The zero-order valence-electron chi connectivity index (χ0n) is 16.3. The molecule has 0 saturated carbocycles. The molecule has 0 saturated heterocycles. The van der Waals surface area contributed by atoms with Crippen LogP contribution in [0.25, 0.3) is 10.9 Å². The minimum atomic E-state index is -0.761. The summed E-state index contributed by atoms with van der Waals surface area (Å²) in [7, 11) is 0. The third-order valence-corrected chi connectivity index (χ3v) is 4.76. The van der Waals surface area contributed by atoms with E-state index in [-0.39, 0.29) is 23.6 Å². The number of ketones is 1. The van der Waals surface area contributed by atoms with Gasteiger partial charge in [0, 0.05) is 28.2 Å². The SMILES string of the molecule is Cc1[nH]c2ccccc2c1C(=O)COC(=O)c1ccc(=O)n(Cc2ccccc2)n1. The lowest BCUT2D eigenvalue weighted by Crippen LogP contribution is -2.26. The number of aromatic amines is 1. The monoisotopic (exact) mass is 401 g/mol. The van der Waals surface area contributed by atoms with Crippen molar-refractivity contribution < 1.29 is 14.3 Å². The molecule has 7 heteroatoms. The van der Waals surface area contributed by atoms with E-state index in [0.29, 0.717) is 11.3 Å². The van der Waals surface area contributed by atoms with Crippen molar-refractivity contribution in [3.63, 3.8) is 0 Å². The van der Waals surface area contributed by atoms with E-state index in [4.69, 9.17) is 4.74 Å². The van der Waals surface area contributed by atoms with Crippen molar-refractivity contribution in [2.75, 3.05) is 6.61 Å². The van der Waals surface area contributed by atoms with Crippen LogP contribution in [0.4, 0.5) is 0 Å². The van der Waals surface area contributed by atoms with Gasteiger partial charge in [-0.25, -0.2) is 9.48 Å². The van der Waals surface area contributed by atoms with Crippen LogP contribution < -0.4 is 5.56 Å². The Hall–Kier alpha value is -4.00. The molecule has 4 aromatic rings. The molecule has 4 rings (SSSR count). The topological polar surface area (TPSA) is 94.0 Å². The zero-order valence-corrected chi connectivity index (χ0v) is 16.3. The van der Waals surface area contributed by atoms with Gasteiger partial charge in [0.25, 0.3) is 5.56 Å². The Bertz CT molecular complexity index is 1290. The van der Waals surface area contributed by atoms with Gasteiger partial charge in [0.2, 0.25) is 5.78 Å². The number of benzene rings is 2. The van der Waals surface area contributed by atoms with E-state index >= 15 is 0 Å². The Labute approximate surface area is 171 Å². The van der Waals surface area contributed by atoms with Crippen molar-refractivity contribution in [1.29, 1.82) is 0 Å².